The Morgan fingerprint density at radius 3 is 2.50 bits per heavy atom. The van der Waals surface area contributed by atoms with E-state index in [0.29, 0.717) is 5.91 Å². The van der Waals surface area contributed by atoms with E-state index in [1.807, 2.05) is 0 Å². The average Bonchev–Trinajstić information content (AvgIpc) is 2.22. The van der Waals surface area contributed by atoms with Gasteiger partial charge in [-0.3, -0.25) is 4.79 Å². The summed E-state index contributed by atoms with van der Waals surface area (Å²) in [6, 6.07) is 0. The summed E-state index contributed by atoms with van der Waals surface area (Å²) in [4.78, 5) is 14.7. The lowest BCUT2D eigenvalue weighted by Crippen LogP contribution is -2.59. The lowest BCUT2D eigenvalue weighted by atomic mass is 9.72. The Morgan fingerprint density at radius 2 is 1.94 bits per heavy atom. The monoisotopic (exact) mass is 224 g/mol. The number of hydrogen-bond donors (Lipinski definition) is 1. The first-order valence-electron chi connectivity index (χ1n) is 6.49. The molecule has 2 aliphatic rings. The molecular weight excluding hydrogens is 200 g/mol. The van der Waals surface area contributed by atoms with Crippen molar-refractivity contribution in [2.24, 2.45) is 5.41 Å². The van der Waals surface area contributed by atoms with Gasteiger partial charge in [-0.1, -0.05) is 0 Å². The molecule has 0 aliphatic carbocycles. The third-order valence-electron chi connectivity index (χ3n) is 4.02. The number of amides is 1. The quantitative estimate of drug-likeness (QED) is 0.680. The summed E-state index contributed by atoms with van der Waals surface area (Å²) in [5.41, 5.74) is -0.105. The van der Waals surface area contributed by atoms with Crippen molar-refractivity contribution in [3.8, 4) is 0 Å². The normalized spacial score (nSPS) is 32.2. The number of rotatable bonds is 0. The van der Waals surface area contributed by atoms with Crippen LogP contribution >= 0.6 is 0 Å². The Hall–Kier alpha value is -0.570. The number of piperidine rings is 2. The van der Waals surface area contributed by atoms with E-state index in [1.165, 1.54) is 0 Å². The van der Waals surface area contributed by atoms with E-state index in [0.717, 1.165) is 45.3 Å². The van der Waals surface area contributed by atoms with Crippen molar-refractivity contribution in [1.29, 1.82) is 0 Å². The van der Waals surface area contributed by atoms with Crippen LogP contribution in [-0.4, -0.2) is 36.0 Å². The smallest absolute Gasteiger partial charge is 0.230 e. The minimum Gasteiger partial charge on any atom is -0.337 e. The standard InChI is InChI=1S/C13H24N2O/c1-12(2,3)15-9-5-7-13(11(15)16)6-4-8-14-10-13/h14H,4-10H2,1-3H3/t13-/m0/s1. The van der Waals surface area contributed by atoms with E-state index in [9.17, 15) is 4.79 Å². The molecule has 0 aromatic heterocycles. The van der Waals surface area contributed by atoms with Crippen molar-refractivity contribution in [3.05, 3.63) is 0 Å². The molecule has 1 spiro atoms. The minimum absolute atomic E-state index is 0.0258. The molecule has 2 heterocycles. The maximum Gasteiger partial charge on any atom is 0.230 e. The van der Waals surface area contributed by atoms with E-state index in [4.69, 9.17) is 0 Å². The summed E-state index contributed by atoms with van der Waals surface area (Å²) in [6.07, 6.45) is 4.45. The van der Waals surface area contributed by atoms with E-state index in [1.54, 1.807) is 0 Å². The predicted molar refractivity (Wildman–Crippen MR) is 65.2 cm³/mol. The molecule has 16 heavy (non-hydrogen) atoms. The summed E-state index contributed by atoms with van der Waals surface area (Å²) < 4.78 is 0. The first-order chi connectivity index (χ1) is 7.46. The summed E-state index contributed by atoms with van der Waals surface area (Å²) in [7, 11) is 0. The molecule has 0 bridgehead atoms. The van der Waals surface area contributed by atoms with E-state index < -0.39 is 0 Å². The highest BCUT2D eigenvalue weighted by Crippen LogP contribution is 2.39. The SMILES string of the molecule is CC(C)(C)N1CCC[C@]2(CCCNC2)C1=O. The van der Waals surface area contributed by atoms with Crippen LogP contribution in [0.25, 0.3) is 0 Å². The third kappa shape index (κ3) is 1.97. The van der Waals surface area contributed by atoms with Gasteiger partial charge < -0.3 is 10.2 Å². The summed E-state index contributed by atoms with van der Waals surface area (Å²) in [6.45, 7) is 9.31. The van der Waals surface area contributed by atoms with E-state index in [-0.39, 0.29) is 11.0 Å². The molecule has 0 aromatic carbocycles. The van der Waals surface area contributed by atoms with Crippen LogP contribution in [0.2, 0.25) is 0 Å². The fourth-order valence-electron chi connectivity index (χ4n) is 3.07. The van der Waals surface area contributed by atoms with Crippen LogP contribution in [-0.2, 0) is 4.79 Å². The fraction of sp³-hybridized carbons (Fsp3) is 0.923. The van der Waals surface area contributed by atoms with Crippen molar-refractivity contribution in [3.63, 3.8) is 0 Å². The summed E-state index contributed by atoms with van der Waals surface area (Å²) >= 11 is 0. The zero-order valence-corrected chi connectivity index (χ0v) is 10.8. The van der Waals surface area contributed by atoms with Crippen LogP contribution in [0.1, 0.15) is 46.5 Å². The number of hydrogen-bond acceptors (Lipinski definition) is 2. The zero-order valence-electron chi connectivity index (χ0n) is 10.8. The van der Waals surface area contributed by atoms with Crippen LogP contribution in [0.15, 0.2) is 0 Å². The number of nitrogens with one attached hydrogen (secondary N) is 1. The second-order valence-corrected chi connectivity index (χ2v) is 6.29. The topological polar surface area (TPSA) is 32.3 Å². The highest BCUT2D eigenvalue weighted by atomic mass is 16.2. The first kappa shape index (κ1) is 11.9. The van der Waals surface area contributed by atoms with Gasteiger partial charge >= 0.3 is 0 Å². The molecule has 0 aromatic rings. The Balaban J connectivity index is 2.19. The Bertz CT molecular complexity index is 269. The first-order valence-corrected chi connectivity index (χ1v) is 6.49. The minimum atomic E-state index is -0.0796. The molecule has 3 nitrogen and oxygen atoms in total. The number of likely N-dealkylation sites (tertiary alicyclic amines) is 1. The van der Waals surface area contributed by atoms with Crippen LogP contribution in [0, 0.1) is 5.41 Å². The molecule has 1 N–H and O–H groups in total. The summed E-state index contributed by atoms with van der Waals surface area (Å²) in [5.74, 6) is 0.387. The molecule has 2 fully saturated rings. The van der Waals surface area contributed by atoms with Gasteiger partial charge in [0.2, 0.25) is 5.91 Å². The van der Waals surface area contributed by atoms with Crippen LogP contribution < -0.4 is 5.32 Å². The lowest BCUT2D eigenvalue weighted by molar-refractivity contribution is -0.153. The zero-order chi connectivity index (χ0) is 11.8. The van der Waals surface area contributed by atoms with Crippen molar-refractivity contribution >= 4 is 5.91 Å². The maximum absolute atomic E-state index is 12.6. The van der Waals surface area contributed by atoms with Gasteiger partial charge in [-0.15, -0.1) is 0 Å². The molecular formula is C13H24N2O. The fourth-order valence-corrected chi connectivity index (χ4v) is 3.07. The van der Waals surface area contributed by atoms with Gasteiger partial charge in [0.05, 0.1) is 5.41 Å². The van der Waals surface area contributed by atoms with Crippen molar-refractivity contribution in [2.45, 2.75) is 52.0 Å². The third-order valence-corrected chi connectivity index (χ3v) is 4.02. The average molecular weight is 224 g/mol. The van der Waals surface area contributed by atoms with Gasteiger partial charge in [0.15, 0.2) is 0 Å². The van der Waals surface area contributed by atoms with Crippen molar-refractivity contribution < 1.29 is 4.79 Å². The van der Waals surface area contributed by atoms with Gasteiger partial charge in [0.25, 0.3) is 0 Å². The highest BCUT2D eigenvalue weighted by molar-refractivity contribution is 5.84. The summed E-state index contributed by atoms with van der Waals surface area (Å²) in [5, 5.41) is 3.40. The van der Waals surface area contributed by atoms with Gasteiger partial charge in [0.1, 0.15) is 0 Å². The van der Waals surface area contributed by atoms with E-state index >= 15 is 0 Å². The largest absolute Gasteiger partial charge is 0.337 e. The van der Waals surface area contributed by atoms with Gasteiger partial charge in [-0.25, -0.2) is 0 Å². The Labute approximate surface area is 98.6 Å². The molecule has 2 saturated heterocycles. The number of carbonyl (C=O) groups excluding carboxylic acids is 1. The van der Waals surface area contributed by atoms with Crippen molar-refractivity contribution in [2.75, 3.05) is 19.6 Å². The highest BCUT2D eigenvalue weighted by Gasteiger charge is 2.46. The van der Waals surface area contributed by atoms with Gasteiger partial charge in [-0.2, -0.15) is 0 Å². The van der Waals surface area contributed by atoms with Crippen LogP contribution in [0.3, 0.4) is 0 Å². The second kappa shape index (κ2) is 4.02. The van der Waals surface area contributed by atoms with E-state index in [2.05, 4.69) is 31.0 Å². The predicted octanol–water partition coefficient (Wildman–Crippen LogP) is 1.78. The molecule has 0 radical (unpaired) electrons. The Morgan fingerprint density at radius 1 is 1.25 bits per heavy atom. The van der Waals surface area contributed by atoms with Gasteiger partial charge in [0, 0.05) is 18.6 Å². The van der Waals surface area contributed by atoms with Gasteiger partial charge in [-0.05, 0) is 53.0 Å². The van der Waals surface area contributed by atoms with Crippen LogP contribution in [0.4, 0.5) is 0 Å². The lowest BCUT2D eigenvalue weighted by Gasteiger charge is -2.48. The Kier molecular flexibility index (Phi) is 2.99. The number of nitrogens with zero attached hydrogens (tertiary/aromatic N) is 1. The molecule has 0 saturated carbocycles. The van der Waals surface area contributed by atoms with Crippen molar-refractivity contribution in [1.82, 2.24) is 10.2 Å². The second-order valence-electron chi connectivity index (χ2n) is 6.29. The molecule has 0 unspecified atom stereocenters. The molecule has 3 heteroatoms. The maximum atomic E-state index is 12.6. The molecule has 1 amide bonds. The molecule has 2 rings (SSSR count). The molecule has 1 atom stereocenters. The molecule has 92 valence electrons. The number of carbonyl (C=O) groups is 1. The van der Waals surface area contributed by atoms with Crippen LogP contribution in [0.5, 0.6) is 0 Å². The molecule has 2 aliphatic heterocycles.